The first-order valence-electron chi connectivity index (χ1n) is 15.0. The van der Waals surface area contributed by atoms with Gasteiger partial charge in [0.2, 0.25) is 0 Å². The maximum Gasteiger partial charge on any atom is 0.333 e. The highest BCUT2D eigenvalue weighted by Crippen LogP contribution is 2.24. The zero-order valence-corrected chi connectivity index (χ0v) is 29.0. The van der Waals surface area contributed by atoms with Crippen LogP contribution in [-0.2, 0) is 66.7 Å². The maximum atomic E-state index is 12.6. The van der Waals surface area contributed by atoms with Crippen LogP contribution in [0.4, 0.5) is 0 Å². The first-order chi connectivity index (χ1) is 22.4. The molecule has 0 bridgehead atoms. The van der Waals surface area contributed by atoms with E-state index in [2.05, 4.69) is 26.3 Å². The number of carbonyl (C=O) groups excluding carboxylic acids is 6. The summed E-state index contributed by atoms with van der Waals surface area (Å²) in [6.45, 7) is 18.1. The topological polar surface area (TPSA) is 176 Å². The summed E-state index contributed by atoms with van der Waals surface area (Å²) in [5.74, 6) is -3.95. The number of hydrogen-bond donors (Lipinski definition) is 0. The van der Waals surface area contributed by atoms with Crippen LogP contribution >= 0.6 is 0 Å². The quantitative estimate of drug-likeness (QED) is 0.0593. The van der Waals surface area contributed by atoms with E-state index in [0.717, 1.165) is 0 Å². The molecule has 0 amide bonds. The van der Waals surface area contributed by atoms with Gasteiger partial charge in [-0.15, -0.1) is 0 Å². The second-order valence-electron chi connectivity index (χ2n) is 11.8. The van der Waals surface area contributed by atoms with Gasteiger partial charge in [0.05, 0.1) is 24.0 Å². The van der Waals surface area contributed by atoms with Gasteiger partial charge in [-0.2, -0.15) is 0 Å². The van der Waals surface area contributed by atoms with Crippen molar-refractivity contribution in [1.82, 2.24) is 0 Å². The molecule has 0 atom stereocenters. The Morgan fingerprint density at radius 3 is 0.854 bits per heavy atom. The van der Waals surface area contributed by atoms with Crippen LogP contribution in [-0.4, -0.2) is 103 Å². The Bertz CT molecular complexity index is 1050. The van der Waals surface area contributed by atoms with Gasteiger partial charge in [0.15, 0.2) is 0 Å². The number of carbonyl (C=O) groups is 6. The van der Waals surface area contributed by atoms with Crippen molar-refractivity contribution in [2.75, 3.05) is 67.1 Å². The Labute approximate surface area is 282 Å². The van der Waals surface area contributed by atoms with Crippen LogP contribution in [0.25, 0.3) is 0 Å². The number of unbranched alkanes of at least 4 members (excludes halogenated alkanes) is 1. The maximum absolute atomic E-state index is 12.6. The van der Waals surface area contributed by atoms with E-state index in [1.54, 1.807) is 0 Å². The van der Waals surface area contributed by atoms with Crippen molar-refractivity contribution in [3.8, 4) is 0 Å². The highest BCUT2D eigenvalue weighted by Gasteiger charge is 2.38. The molecule has 14 heteroatoms. The predicted molar refractivity (Wildman–Crippen MR) is 172 cm³/mol. The molecule has 0 rings (SSSR count). The molecule has 0 aliphatic carbocycles. The Hall–Kier alpha value is -4.30. The molecule has 0 aromatic heterocycles. The largest absolute Gasteiger partial charge is 0.465 e. The van der Waals surface area contributed by atoms with Crippen molar-refractivity contribution in [1.29, 1.82) is 0 Å². The van der Waals surface area contributed by atoms with E-state index in [4.69, 9.17) is 37.9 Å². The fourth-order valence-electron chi connectivity index (χ4n) is 3.63. The lowest BCUT2D eigenvalue weighted by Crippen LogP contribution is -2.43. The molecular formula is C34H50O14. The number of methoxy groups -OCH3 is 2. The minimum absolute atomic E-state index is 0.0607. The Kier molecular flexibility index (Phi) is 20.3. The number of rotatable bonds is 25. The molecule has 0 saturated carbocycles. The lowest BCUT2D eigenvalue weighted by Gasteiger charge is -2.31. The van der Waals surface area contributed by atoms with Gasteiger partial charge < -0.3 is 37.9 Å². The Balaban J connectivity index is 5.24. The van der Waals surface area contributed by atoms with E-state index in [9.17, 15) is 28.8 Å². The van der Waals surface area contributed by atoms with Crippen LogP contribution in [0.15, 0.2) is 48.6 Å². The van der Waals surface area contributed by atoms with E-state index < -0.39 is 46.6 Å². The molecule has 0 aliphatic rings. The number of esters is 6. The lowest BCUT2D eigenvalue weighted by molar-refractivity contribution is -0.166. The van der Waals surface area contributed by atoms with Crippen molar-refractivity contribution in [3.63, 3.8) is 0 Å². The van der Waals surface area contributed by atoms with Crippen molar-refractivity contribution in [2.24, 2.45) is 10.8 Å². The minimum Gasteiger partial charge on any atom is -0.465 e. The molecule has 0 aliphatic heterocycles. The summed E-state index contributed by atoms with van der Waals surface area (Å²) < 4.78 is 42.4. The summed E-state index contributed by atoms with van der Waals surface area (Å²) in [6.07, 6.45) is 0.399. The van der Waals surface area contributed by atoms with E-state index in [0.29, 0.717) is 0 Å². The average Bonchev–Trinajstić information content (AvgIpc) is 3.03. The highest BCUT2D eigenvalue weighted by atomic mass is 16.6. The van der Waals surface area contributed by atoms with E-state index >= 15 is 0 Å². The van der Waals surface area contributed by atoms with Crippen LogP contribution in [0.3, 0.4) is 0 Å². The lowest BCUT2D eigenvalue weighted by atomic mass is 9.92. The molecule has 0 N–H and O–H groups in total. The third kappa shape index (κ3) is 17.6. The third-order valence-corrected chi connectivity index (χ3v) is 6.42. The van der Waals surface area contributed by atoms with E-state index in [1.165, 1.54) is 41.9 Å². The average molecular weight is 683 g/mol. The van der Waals surface area contributed by atoms with Crippen LogP contribution in [0.1, 0.15) is 53.4 Å². The minimum atomic E-state index is -1.21. The summed E-state index contributed by atoms with van der Waals surface area (Å²) >= 11 is 0. The SMILES string of the molecule is C=C(C)C(=O)OCC(COC)(COC(=O)CCCCC(=O)OCC(COC)(COC(=O)C(=C)C)COC(=O)C(=C)C)COC(=O)C(=C)C. The summed E-state index contributed by atoms with van der Waals surface area (Å²) in [7, 11) is 2.78. The molecule has 14 nitrogen and oxygen atoms in total. The molecule has 48 heavy (non-hydrogen) atoms. The molecule has 270 valence electrons. The van der Waals surface area contributed by atoms with Crippen molar-refractivity contribution < 1.29 is 66.7 Å². The van der Waals surface area contributed by atoms with E-state index in [1.807, 2.05) is 0 Å². The van der Waals surface area contributed by atoms with Gasteiger partial charge in [-0.1, -0.05) is 26.3 Å². The third-order valence-electron chi connectivity index (χ3n) is 6.42. The second-order valence-corrected chi connectivity index (χ2v) is 11.8. The first-order valence-corrected chi connectivity index (χ1v) is 15.0. The first kappa shape index (κ1) is 43.7. The zero-order valence-electron chi connectivity index (χ0n) is 29.0. The molecule has 0 aromatic rings. The monoisotopic (exact) mass is 682 g/mol. The van der Waals surface area contributed by atoms with Gasteiger partial charge in [-0.05, 0) is 40.5 Å². The van der Waals surface area contributed by atoms with Gasteiger partial charge in [0.25, 0.3) is 0 Å². The number of hydrogen-bond acceptors (Lipinski definition) is 14. The second kappa shape index (κ2) is 22.3. The smallest absolute Gasteiger partial charge is 0.333 e. The van der Waals surface area contributed by atoms with Gasteiger partial charge >= 0.3 is 35.8 Å². The van der Waals surface area contributed by atoms with Gasteiger partial charge in [-0.3, -0.25) is 9.59 Å². The molecule has 0 unspecified atom stereocenters. The van der Waals surface area contributed by atoms with Crippen LogP contribution in [0, 0.1) is 10.8 Å². The standard InChI is InChI=1S/C34H50O14/c1-23(2)29(37)45-19-33(15-41-9,20-46-30(38)24(3)4)17-43-27(35)13-11-12-14-28(36)44-18-34(16-42-10,21-47-31(39)25(5)6)22-48-32(40)26(7)8/h1,3,5,7,11-22H2,2,4,6,8-10H3. The molecule has 0 fully saturated rings. The molecule has 0 radical (unpaired) electrons. The number of ether oxygens (including phenoxy) is 8. The fraction of sp³-hybridized carbons (Fsp3) is 0.588. The zero-order chi connectivity index (χ0) is 36.9. The molecule has 0 heterocycles. The van der Waals surface area contributed by atoms with Crippen LogP contribution in [0.2, 0.25) is 0 Å². The van der Waals surface area contributed by atoms with Crippen molar-refractivity contribution >= 4 is 35.8 Å². The van der Waals surface area contributed by atoms with E-state index in [-0.39, 0.29) is 101 Å². The molecule has 0 aromatic carbocycles. The van der Waals surface area contributed by atoms with Gasteiger partial charge in [0, 0.05) is 49.4 Å². The fourth-order valence-corrected chi connectivity index (χ4v) is 3.63. The molecule has 0 spiro atoms. The summed E-state index contributed by atoms with van der Waals surface area (Å²) in [5.41, 5.74) is -1.82. The molecular weight excluding hydrogens is 632 g/mol. The van der Waals surface area contributed by atoms with Gasteiger partial charge in [0.1, 0.15) is 39.6 Å². The van der Waals surface area contributed by atoms with Crippen molar-refractivity contribution in [3.05, 3.63) is 48.6 Å². The van der Waals surface area contributed by atoms with Crippen LogP contribution < -0.4 is 0 Å². The van der Waals surface area contributed by atoms with Crippen LogP contribution in [0.5, 0.6) is 0 Å². The molecule has 0 saturated heterocycles. The predicted octanol–water partition coefficient (Wildman–Crippen LogP) is 3.38. The Morgan fingerprint density at radius 2 is 0.646 bits per heavy atom. The normalized spacial score (nSPS) is 11.0. The Morgan fingerprint density at radius 1 is 0.417 bits per heavy atom. The highest BCUT2D eigenvalue weighted by molar-refractivity contribution is 5.88. The summed E-state index contributed by atoms with van der Waals surface area (Å²) in [6, 6.07) is 0. The summed E-state index contributed by atoms with van der Waals surface area (Å²) in [4.78, 5) is 73.3. The van der Waals surface area contributed by atoms with Crippen molar-refractivity contribution in [2.45, 2.75) is 53.4 Å². The van der Waals surface area contributed by atoms with Gasteiger partial charge in [-0.25, -0.2) is 19.2 Å². The summed E-state index contributed by atoms with van der Waals surface area (Å²) in [5, 5.41) is 0.